The summed E-state index contributed by atoms with van der Waals surface area (Å²) in [7, 11) is 0. The summed E-state index contributed by atoms with van der Waals surface area (Å²) in [6.45, 7) is -0.397. The molecule has 10 heteroatoms. The first kappa shape index (κ1) is 15.0. The number of nitrogens with one attached hydrogen (secondary N) is 1. The van der Waals surface area contributed by atoms with Crippen molar-refractivity contribution in [3.8, 4) is 0 Å². The molecule has 0 radical (unpaired) electrons. The Labute approximate surface area is 135 Å². The molecule has 1 aliphatic heterocycles. The van der Waals surface area contributed by atoms with E-state index in [1.54, 1.807) is 0 Å². The summed E-state index contributed by atoms with van der Waals surface area (Å²) in [4.78, 5) is 12.6. The van der Waals surface area contributed by atoms with Crippen LogP contribution in [-0.2, 0) is 4.74 Å². The topological polar surface area (TPSA) is 126 Å². The van der Waals surface area contributed by atoms with Crippen LogP contribution in [0.15, 0.2) is 6.33 Å². The van der Waals surface area contributed by atoms with E-state index < -0.39 is 31.1 Å². The zero-order valence-corrected chi connectivity index (χ0v) is 12.8. The van der Waals surface area contributed by atoms with Gasteiger partial charge in [0, 0.05) is 6.04 Å². The van der Waals surface area contributed by atoms with Gasteiger partial charge in [0.05, 0.1) is 12.9 Å². The summed E-state index contributed by atoms with van der Waals surface area (Å²) in [5.41, 5.74) is 0.905. The second-order valence-corrected chi connectivity index (χ2v) is 6.15. The Bertz CT molecular complexity index is 736. The number of imidazole rings is 1. The number of nitrogens with zero attached hydrogens (tertiary/aromatic N) is 4. The normalized spacial score (nSPS) is 31.0. The molecule has 4 N–H and O–H groups in total. The van der Waals surface area contributed by atoms with Gasteiger partial charge in [-0.15, -0.1) is 0 Å². The number of fused-ring (bicyclic) bond motifs is 1. The van der Waals surface area contributed by atoms with E-state index in [4.69, 9.17) is 16.3 Å². The number of rotatable bonds is 4. The van der Waals surface area contributed by atoms with Crippen molar-refractivity contribution in [1.82, 2.24) is 19.5 Å². The molecule has 0 amide bonds. The summed E-state index contributed by atoms with van der Waals surface area (Å²) >= 11 is 5.99. The molecular formula is C13H16ClN5O4. The number of anilines is 1. The van der Waals surface area contributed by atoms with Crippen LogP contribution >= 0.6 is 11.6 Å². The van der Waals surface area contributed by atoms with Gasteiger partial charge in [0.15, 0.2) is 23.2 Å². The van der Waals surface area contributed by atoms with Crippen LogP contribution in [0.4, 0.5) is 5.82 Å². The predicted octanol–water partition coefficient (Wildman–Crippen LogP) is -0.335. The average Bonchev–Trinajstić information content (AvgIpc) is 3.17. The second kappa shape index (κ2) is 5.53. The molecule has 2 fully saturated rings. The maximum Gasteiger partial charge on any atom is 0.226 e. The van der Waals surface area contributed by atoms with Crippen LogP contribution < -0.4 is 5.32 Å². The highest BCUT2D eigenvalue weighted by atomic mass is 35.5. The van der Waals surface area contributed by atoms with Crippen LogP contribution in [0.2, 0.25) is 5.28 Å². The lowest BCUT2D eigenvalue weighted by Gasteiger charge is -2.16. The minimum Gasteiger partial charge on any atom is -0.394 e. The van der Waals surface area contributed by atoms with E-state index in [1.165, 1.54) is 10.9 Å². The van der Waals surface area contributed by atoms with Gasteiger partial charge in [0.25, 0.3) is 0 Å². The molecule has 0 spiro atoms. The molecule has 4 atom stereocenters. The van der Waals surface area contributed by atoms with Crippen molar-refractivity contribution in [2.75, 3.05) is 11.9 Å². The first-order chi connectivity index (χ1) is 11.1. The van der Waals surface area contributed by atoms with Gasteiger partial charge in [-0.3, -0.25) is 4.57 Å². The lowest BCUT2D eigenvalue weighted by molar-refractivity contribution is -0.0511. The lowest BCUT2D eigenvalue weighted by atomic mass is 10.1. The third-order valence-electron chi connectivity index (χ3n) is 4.10. The Hall–Kier alpha value is -1.52. The molecule has 1 saturated carbocycles. The van der Waals surface area contributed by atoms with Gasteiger partial charge in [-0.2, -0.15) is 9.97 Å². The average molecular weight is 342 g/mol. The Balaban J connectivity index is 1.74. The Morgan fingerprint density at radius 2 is 2.09 bits per heavy atom. The number of aliphatic hydroxyl groups excluding tert-OH is 3. The fraction of sp³-hybridized carbons (Fsp3) is 0.615. The summed E-state index contributed by atoms with van der Waals surface area (Å²) in [5, 5.41) is 32.5. The minimum atomic E-state index is -1.21. The maximum atomic E-state index is 10.2. The van der Waals surface area contributed by atoms with Crippen molar-refractivity contribution in [2.24, 2.45) is 0 Å². The van der Waals surface area contributed by atoms with Gasteiger partial charge < -0.3 is 25.4 Å². The number of aromatic nitrogens is 4. The Kier molecular flexibility index (Phi) is 3.62. The highest BCUT2D eigenvalue weighted by Gasteiger charge is 2.44. The predicted molar refractivity (Wildman–Crippen MR) is 80.0 cm³/mol. The monoisotopic (exact) mass is 341 g/mol. The van der Waals surface area contributed by atoms with Gasteiger partial charge in [-0.05, 0) is 24.4 Å². The molecule has 9 nitrogen and oxygen atoms in total. The van der Waals surface area contributed by atoms with Crippen molar-refractivity contribution in [3.63, 3.8) is 0 Å². The number of aliphatic hydroxyl groups is 3. The summed E-state index contributed by atoms with van der Waals surface area (Å²) in [6.07, 6.45) is -0.589. The molecule has 23 heavy (non-hydrogen) atoms. The highest BCUT2D eigenvalue weighted by Crippen LogP contribution is 2.33. The molecule has 2 aliphatic rings. The molecule has 1 saturated heterocycles. The minimum absolute atomic E-state index is 0.0501. The largest absolute Gasteiger partial charge is 0.394 e. The molecule has 3 heterocycles. The molecule has 2 aromatic rings. The summed E-state index contributed by atoms with van der Waals surface area (Å²) in [6, 6.07) is 0.364. The molecule has 1 aliphatic carbocycles. The van der Waals surface area contributed by atoms with Crippen LogP contribution in [-0.4, -0.2) is 65.8 Å². The van der Waals surface area contributed by atoms with Crippen LogP contribution in [0.25, 0.3) is 11.2 Å². The molecule has 2 aromatic heterocycles. The maximum absolute atomic E-state index is 10.2. The van der Waals surface area contributed by atoms with Gasteiger partial charge >= 0.3 is 0 Å². The van der Waals surface area contributed by atoms with Crippen LogP contribution in [0, 0.1) is 0 Å². The van der Waals surface area contributed by atoms with Gasteiger partial charge in [-0.1, -0.05) is 0 Å². The fourth-order valence-electron chi connectivity index (χ4n) is 2.71. The van der Waals surface area contributed by atoms with E-state index in [2.05, 4.69) is 20.3 Å². The molecule has 124 valence electrons. The van der Waals surface area contributed by atoms with Crippen LogP contribution in [0.5, 0.6) is 0 Å². The summed E-state index contributed by atoms with van der Waals surface area (Å²) in [5.74, 6) is 0.535. The van der Waals surface area contributed by atoms with E-state index in [1.807, 2.05) is 0 Å². The molecule has 0 bridgehead atoms. The first-order valence-electron chi connectivity index (χ1n) is 7.37. The fourth-order valence-corrected chi connectivity index (χ4v) is 2.87. The Morgan fingerprint density at radius 3 is 2.74 bits per heavy atom. The van der Waals surface area contributed by atoms with E-state index >= 15 is 0 Å². The van der Waals surface area contributed by atoms with Gasteiger partial charge in [0.2, 0.25) is 5.28 Å². The van der Waals surface area contributed by atoms with Crippen LogP contribution in [0.3, 0.4) is 0 Å². The van der Waals surface area contributed by atoms with Gasteiger partial charge in [-0.25, -0.2) is 4.98 Å². The van der Waals surface area contributed by atoms with E-state index in [-0.39, 0.29) is 5.28 Å². The van der Waals surface area contributed by atoms with Crippen molar-refractivity contribution in [3.05, 3.63) is 11.6 Å². The number of halogens is 1. The van der Waals surface area contributed by atoms with Crippen molar-refractivity contribution in [1.29, 1.82) is 0 Å². The second-order valence-electron chi connectivity index (χ2n) is 5.81. The van der Waals surface area contributed by atoms with E-state index in [0.29, 0.717) is 23.0 Å². The highest BCUT2D eigenvalue weighted by molar-refractivity contribution is 6.28. The van der Waals surface area contributed by atoms with Gasteiger partial charge in [0.1, 0.15) is 18.3 Å². The van der Waals surface area contributed by atoms with E-state index in [0.717, 1.165) is 12.8 Å². The van der Waals surface area contributed by atoms with Crippen molar-refractivity contribution < 1.29 is 20.1 Å². The first-order valence-corrected chi connectivity index (χ1v) is 7.75. The van der Waals surface area contributed by atoms with Crippen LogP contribution in [0.1, 0.15) is 19.1 Å². The lowest BCUT2D eigenvalue weighted by Crippen LogP contribution is -2.33. The van der Waals surface area contributed by atoms with Crippen molar-refractivity contribution >= 4 is 28.6 Å². The number of hydrogen-bond donors (Lipinski definition) is 4. The zero-order valence-electron chi connectivity index (χ0n) is 12.0. The van der Waals surface area contributed by atoms with Crippen molar-refractivity contribution in [2.45, 2.75) is 43.4 Å². The van der Waals surface area contributed by atoms with E-state index in [9.17, 15) is 15.3 Å². The molecule has 0 unspecified atom stereocenters. The molecule has 4 rings (SSSR count). The standard InChI is InChI=1S/C13H16ClN5O4/c14-13-17-10(16-5-1-2-5)7-11(18-13)19(4-15-7)12-9(22)8(21)6(3-20)23-12/h4-6,8-9,12,20-22H,1-3H2,(H,16,17,18)/t6-,8+,9+,12-/m1/s1. The molecule has 0 aromatic carbocycles. The SMILES string of the molecule is OC[C@H]1O[C@@H](n2cnc3c(NC4CC4)nc(Cl)nc32)[C@@H](O)[C@H]1O. The third kappa shape index (κ3) is 2.54. The summed E-state index contributed by atoms with van der Waals surface area (Å²) < 4.78 is 7.00. The number of hydrogen-bond acceptors (Lipinski definition) is 8. The number of ether oxygens (including phenoxy) is 1. The zero-order chi connectivity index (χ0) is 16.1. The quantitative estimate of drug-likeness (QED) is 0.557. The Morgan fingerprint density at radius 1 is 1.30 bits per heavy atom. The molecular weight excluding hydrogens is 326 g/mol. The smallest absolute Gasteiger partial charge is 0.226 e. The third-order valence-corrected chi connectivity index (χ3v) is 4.27.